The van der Waals surface area contributed by atoms with E-state index in [1.54, 1.807) is 6.92 Å². The lowest BCUT2D eigenvalue weighted by Gasteiger charge is -2.05. The van der Waals surface area contributed by atoms with E-state index in [-0.39, 0.29) is 16.7 Å². The molecule has 0 radical (unpaired) electrons. The summed E-state index contributed by atoms with van der Waals surface area (Å²) in [6, 6.07) is 2.68. The summed E-state index contributed by atoms with van der Waals surface area (Å²) in [6.07, 6.45) is 0. The first-order valence-corrected chi connectivity index (χ1v) is 4.71. The van der Waals surface area contributed by atoms with Crippen LogP contribution in [0.15, 0.2) is 16.9 Å². The van der Waals surface area contributed by atoms with E-state index in [9.17, 15) is 9.18 Å². The summed E-state index contributed by atoms with van der Waals surface area (Å²) in [4.78, 5) is 15.7. The lowest BCUT2D eigenvalue weighted by molar-refractivity contribution is 0.620. The topological polar surface area (TPSA) is 34.9 Å². The van der Waals surface area contributed by atoms with Crippen LogP contribution >= 0.6 is 11.6 Å². The molecule has 15 heavy (non-hydrogen) atoms. The van der Waals surface area contributed by atoms with Crippen LogP contribution in [0, 0.1) is 12.7 Å². The van der Waals surface area contributed by atoms with Gasteiger partial charge >= 0.3 is 0 Å². The fraction of sp³-hybridized carbons (Fsp3) is 0.200. The maximum atomic E-state index is 13.2. The molecule has 2 rings (SSSR count). The monoisotopic (exact) mass is 226 g/mol. The van der Waals surface area contributed by atoms with Crippen LogP contribution in [-0.2, 0) is 7.05 Å². The van der Waals surface area contributed by atoms with Crippen LogP contribution < -0.4 is 5.56 Å². The molecule has 0 aliphatic carbocycles. The van der Waals surface area contributed by atoms with Gasteiger partial charge in [-0.2, -0.15) is 0 Å². The summed E-state index contributed by atoms with van der Waals surface area (Å²) in [7, 11) is 1.52. The highest BCUT2D eigenvalue weighted by Crippen LogP contribution is 2.17. The number of nitrogens with zero attached hydrogens (tertiary/aromatic N) is 2. The summed E-state index contributed by atoms with van der Waals surface area (Å²) in [6.45, 7) is 1.57. The Kier molecular flexibility index (Phi) is 2.23. The van der Waals surface area contributed by atoms with Crippen molar-refractivity contribution in [3.05, 3.63) is 39.2 Å². The molecule has 0 saturated carbocycles. The van der Waals surface area contributed by atoms with E-state index in [1.165, 1.54) is 23.7 Å². The van der Waals surface area contributed by atoms with Crippen LogP contribution in [0.3, 0.4) is 0 Å². The smallest absolute Gasteiger partial charge is 0.262 e. The lowest BCUT2D eigenvalue weighted by atomic mass is 10.1. The summed E-state index contributed by atoms with van der Waals surface area (Å²) < 4.78 is 14.4. The molecule has 0 aliphatic rings. The van der Waals surface area contributed by atoms with Crippen molar-refractivity contribution in [3.63, 3.8) is 0 Å². The van der Waals surface area contributed by atoms with E-state index in [0.29, 0.717) is 16.5 Å². The van der Waals surface area contributed by atoms with Crippen LogP contribution in [0.4, 0.5) is 4.39 Å². The number of aryl methyl sites for hydroxylation is 1. The third kappa shape index (κ3) is 1.41. The molecule has 3 nitrogen and oxygen atoms in total. The number of benzene rings is 1. The Morgan fingerprint density at radius 2 is 2.13 bits per heavy atom. The number of hydrogen-bond donors (Lipinski definition) is 0. The fourth-order valence-electron chi connectivity index (χ4n) is 1.42. The molecule has 0 saturated heterocycles. The zero-order chi connectivity index (χ0) is 11.2. The van der Waals surface area contributed by atoms with Gasteiger partial charge in [-0.25, -0.2) is 9.37 Å². The average Bonchev–Trinajstić information content (AvgIpc) is 2.21. The summed E-state index contributed by atoms with van der Waals surface area (Å²) in [5.74, 6) is -0.390. The molecule has 2 aromatic rings. The Balaban J connectivity index is 3.06. The van der Waals surface area contributed by atoms with Gasteiger partial charge in [0, 0.05) is 12.6 Å². The Labute approximate surface area is 90.1 Å². The lowest BCUT2D eigenvalue weighted by Crippen LogP contribution is -2.19. The van der Waals surface area contributed by atoms with Crippen molar-refractivity contribution in [1.82, 2.24) is 9.55 Å². The molecule has 0 bridgehead atoms. The van der Waals surface area contributed by atoms with Crippen molar-refractivity contribution in [3.8, 4) is 0 Å². The minimum atomic E-state index is -0.390. The zero-order valence-corrected chi connectivity index (χ0v) is 8.97. The van der Waals surface area contributed by atoms with Crippen LogP contribution in [0.5, 0.6) is 0 Å². The Morgan fingerprint density at radius 3 is 2.80 bits per heavy atom. The highest BCUT2D eigenvalue weighted by molar-refractivity contribution is 6.28. The maximum Gasteiger partial charge on any atom is 0.262 e. The molecule has 0 fully saturated rings. The van der Waals surface area contributed by atoms with Crippen LogP contribution in [-0.4, -0.2) is 9.55 Å². The average molecular weight is 227 g/mol. The Bertz CT molecular complexity index is 606. The van der Waals surface area contributed by atoms with Gasteiger partial charge in [-0.05, 0) is 30.7 Å². The van der Waals surface area contributed by atoms with E-state index < -0.39 is 0 Å². The van der Waals surface area contributed by atoms with Crippen molar-refractivity contribution < 1.29 is 4.39 Å². The zero-order valence-electron chi connectivity index (χ0n) is 8.21. The summed E-state index contributed by atoms with van der Waals surface area (Å²) in [5, 5.41) is 0.432. The van der Waals surface area contributed by atoms with Crippen LogP contribution in [0.2, 0.25) is 5.28 Å². The molecule has 5 heteroatoms. The normalized spacial score (nSPS) is 10.9. The van der Waals surface area contributed by atoms with Crippen molar-refractivity contribution in [2.24, 2.45) is 7.05 Å². The molecular formula is C10H8ClFN2O. The first kappa shape index (κ1) is 10.1. The predicted octanol–water partition coefficient (Wildman–Crippen LogP) is 2.03. The molecule has 78 valence electrons. The second-order valence-corrected chi connectivity index (χ2v) is 3.65. The predicted molar refractivity (Wildman–Crippen MR) is 56.7 cm³/mol. The minimum absolute atomic E-state index is 0.0567. The van der Waals surface area contributed by atoms with E-state index in [0.717, 1.165) is 0 Å². The van der Waals surface area contributed by atoms with Gasteiger partial charge in [-0.1, -0.05) is 0 Å². The van der Waals surface area contributed by atoms with Crippen LogP contribution in [0.25, 0.3) is 10.9 Å². The number of halogens is 2. The molecule has 0 N–H and O–H groups in total. The van der Waals surface area contributed by atoms with Gasteiger partial charge in [0.15, 0.2) is 0 Å². The summed E-state index contributed by atoms with van der Waals surface area (Å²) >= 11 is 5.75. The molecule has 1 aromatic heterocycles. The quantitative estimate of drug-likeness (QED) is 0.645. The molecule has 0 atom stereocenters. The first-order valence-electron chi connectivity index (χ1n) is 4.33. The van der Waals surface area contributed by atoms with Gasteiger partial charge < -0.3 is 0 Å². The number of aromatic nitrogens is 2. The number of rotatable bonds is 0. The summed E-state index contributed by atoms with van der Waals surface area (Å²) in [5.41, 5.74) is 0.392. The SMILES string of the molecule is Cc1c(F)ccc2c(=O)n(C)c(Cl)nc12. The molecular weight excluding hydrogens is 219 g/mol. The van der Waals surface area contributed by atoms with Gasteiger partial charge in [0.1, 0.15) is 5.82 Å². The van der Waals surface area contributed by atoms with Gasteiger partial charge in [0.25, 0.3) is 5.56 Å². The van der Waals surface area contributed by atoms with E-state index in [4.69, 9.17) is 11.6 Å². The van der Waals surface area contributed by atoms with Crippen LogP contribution in [0.1, 0.15) is 5.56 Å². The van der Waals surface area contributed by atoms with Gasteiger partial charge in [-0.3, -0.25) is 9.36 Å². The van der Waals surface area contributed by atoms with E-state index >= 15 is 0 Å². The largest absolute Gasteiger partial charge is 0.286 e. The van der Waals surface area contributed by atoms with E-state index in [2.05, 4.69) is 4.98 Å². The van der Waals surface area contributed by atoms with Crippen molar-refractivity contribution in [2.45, 2.75) is 6.92 Å². The molecule has 1 heterocycles. The van der Waals surface area contributed by atoms with E-state index in [1.807, 2.05) is 0 Å². The molecule has 0 aliphatic heterocycles. The standard InChI is InChI=1S/C10H8ClFN2O/c1-5-7(12)4-3-6-8(5)13-10(11)14(2)9(6)15/h3-4H,1-2H3. The van der Waals surface area contributed by atoms with Crippen molar-refractivity contribution >= 4 is 22.5 Å². The fourth-order valence-corrected chi connectivity index (χ4v) is 1.59. The molecule has 0 spiro atoms. The second-order valence-electron chi connectivity index (χ2n) is 3.31. The molecule has 0 amide bonds. The van der Waals surface area contributed by atoms with Crippen molar-refractivity contribution in [1.29, 1.82) is 0 Å². The third-order valence-electron chi connectivity index (χ3n) is 2.38. The molecule has 0 unspecified atom stereocenters. The molecule has 1 aromatic carbocycles. The highest BCUT2D eigenvalue weighted by atomic mass is 35.5. The highest BCUT2D eigenvalue weighted by Gasteiger charge is 2.10. The first-order chi connectivity index (χ1) is 7.02. The Morgan fingerprint density at radius 1 is 1.47 bits per heavy atom. The second kappa shape index (κ2) is 3.31. The minimum Gasteiger partial charge on any atom is -0.286 e. The maximum absolute atomic E-state index is 13.2. The Hall–Kier alpha value is -1.42. The van der Waals surface area contributed by atoms with Gasteiger partial charge in [0.2, 0.25) is 5.28 Å². The number of fused-ring (bicyclic) bond motifs is 1. The van der Waals surface area contributed by atoms with Gasteiger partial charge in [0.05, 0.1) is 10.9 Å². The number of hydrogen-bond acceptors (Lipinski definition) is 2. The third-order valence-corrected chi connectivity index (χ3v) is 2.72. The van der Waals surface area contributed by atoms with Crippen molar-refractivity contribution in [2.75, 3.05) is 0 Å². The van der Waals surface area contributed by atoms with Gasteiger partial charge in [-0.15, -0.1) is 0 Å².